The Balaban J connectivity index is 0. The molecule has 0 aliphatic carbocycles. The van der Waals surface area contributed by atoms with Crippen molar-refractivity contribution in [3.05, 3.63) is 0 Å². The van der Waals surface area contributed by atoms with Crippen LogP contribution in [0.15, 0.2) is 0 Å². The molecule has 0 atom stereocenters. The van der Waals surface area contributed by atoms with Gasteiger partial charge in [0.25, 0.3) is 0 Å². The summed E-state index contributed by atoms with van der Waals surface area (Å²) in [4.78, 5) is 0. The summed E-state index contributed by atoms with van der Waals surface area (Å²) in [6.45, 7) is 5.11. The first-order valence-electron chi connectivity index (χ1n) is 2.57. The standard InChI is InChI=1S/C5H11NS2.K/c1-4(2)3-6-5(7)8;/h4H,3H2,1-2H3,(H2,6,7,8);/q;+1/p-1. The van der Waals surface area contributed by atoms with Crippen LogP contribution in [0, 0.1) is 5.92 Å². The van der Waals surface area contributed by atoms with Crippen molar-refractivity contribution < 1.29 is 51.4 Å². The summed E-state index contributed by atoms with van der Waals surface area (Å²) in [6.07, 6.45) is 0. The van der Waals surface area contributed by atoms with Crippen LogP contribution in [0.4, 0.5) is 0 Å². The number of rotatable bonds is 2. The predicted molar refractivity (Wildman–Crippen MR) is 42.8 cm³/mol. The van der Waals surface area contributed by atoms with E-state index in [9.17, 15) is 0 Å². The van der Waals surface area contributed by atoms with Gasteiger partial charge in [0.1, 0.15) is 0 Å². The molecule has 0 rings (SSSR count). The van der Waals surface area contributed by atoms with Gasteiger partial charge in [-0.3, -0.25) is 0 Å². The van der Waals surface area contributed by atoms with E-state index in [0.29, 0.717) is 10.2 Å². The van der Waals surface area contributed by atoms with Gasteiger partial charge in [0, 0.05) is 6.54 Å². The largest absolute Gasteiger partial charge is 1.00 e. The third kappa shape index (κ3) is 12.8. The van der Waals surface area contributed by atoms with Crippen molar-refractivity contribution >= 4 is 29.2 Å². The van der Waals surface area contributed by atoms with Crippen molar-refractivity contribution in [1.82, 2.24) is 5.32 Å². The molecule has 0 aliphatic rings. The zero-order valence-electron chi connectivity index (χ0n) is 6.10. The van der Waals surface area contributed by atoms with Crippen molar-refractivity contribution in [3.63, 3.8) is 0 Å². The van der Waals surface area contributed by atoms with Gasteiger partial charge in [-0.05, 0) is 5.92 Å². The molecule has 0 amide bonds. The molecule has 0 fully saturated rings. The van der Waals surface area contributed by atoms with Crippen molar-refractivity contribution in [3.8, 4) is 0 Å². The van der Waals surface area contributed by atoms with E-state index in [1.807, 2.05) is 0 Å². The molecule has 0 unspecified atom stereocenters. The summed E-state index contributed by atoms with van der Waals surface area (Å²) in [6, 6.07) is 0. The first-order valence-corrected chi connectivity index (χ1v) is 3.39. The molecule has 0 radical (unpaired) electrons. The van der Waals surface area contributed by atoms with Crippen LogP contribution in [-0.2, 0) is 12.6 Å². The molecule has 1 nitrogen and oxygen atoms in total. The summed E-state index contributed by atoms with van der Waals surface area (Å²) in [7, 11) is 0. The maximum absolute atomic E-state index is 4.62. The molecule has 0 saturated heterocycles. The molecule has 0 aromatic rings. The van der Waals surface area contributed by atoms with E-state index in [1.165, 1.54) is 0 Å². The van der Waals surface area contributed by atoms with Gasteiger partial charge in [-0.15, -0.1) is 0 Å². The minimum absolute atomic E-state index is 0. The van der Waals surface area contributed by atoms with Gasteiger partial charge >= 0.3 is 51.4 Å². The average Bonchev–Trinajstić information content (AvgIpc) is 1.61. The summed E-state index contributed by atoms with van der Waals surface area (Å²) in [5.74, 6) is 0.621. The minimum atomic E-state index is 0. The molecule has 9 heavy (non-hydrogen) atoms. The Morgan fingerprint density at radius 3 is 2.22 bits per heavy atom. The van der Waals surface area contributed by atoms with Gasteiger partial charge in [-0.2, -0.15) is 0 Å². The molecule has 0 bridgehead atoms. The number of thiocarbonyl (C=S) groups is 1. The first kappa shape index (κ1) is 13.3. The number of hydrogen-bond donors (Lipinski definition) is 1. The molecular weight excluding hydrogens is 177 g/mol. The molecule has 0 heterocycles. The average molecular weight is 187 g/mol. The van der Waals surface area contributed by atoms with Crippen LogP contribution in [0.1, 0.15) is 13.8 Å². The number of nitrogens with one attached hydrogen (secondary N) is 1. The topological polar surface area (TPSA) is 12.0 Å². The normalized spacial score (nSPS) is 8.33. The smallest absolute Gasteiger partial charge is 0.412 e. The van der Waals surface area contributed by atoms with Crippen molar-refractivity contribution in [2.75, 3.05) is 6.54 Å². The minimum Gasteiger partial charge on any atom is -0.412 e. The molecule has 1 N–H and O–H groups in total. The second kappa shape index (κ2) is 7.85. The Labute approximate surface area is 110 Å². The molecule has 0 aromatic heterocycles. The zero-order chi connectivity index (χ0) is 6.57. The second-order valence-corrected chi connectivity index (χ2v) is 3.14. The van der Waals surface area contributed by atoms with E-state index in [-0.39, 0.29) is 51.4 Å². The molecule has 0 saturated carbocycles. The van der Waals surface area contributed by atoms with E-state index in [4.69, 9.17) is 0 Å². The maximum atomic E-state index is 4.62. The van der Waals surface area contributed by atoms with Gasteiger partial charge in [0.05, 0.1) is 0 Å². The molecular formula is C5H10KNS2. The van der Waals surface area contributed by atoms with Gasteiger partial charge in [-0.25, -0.2) is 0 Å². The molecule has 0 spiro atoms. The Morgan fingerprint density at radius 2 is 2.11 bits per heavy atom. The van der Waals surface area contributed by atoms with E-state index < -0.39 is 0 Å². The van der Waals surface area contributed by atoms with E-state index >= 15 is 0 Å². The van der Waals surface area contributed by atoms with Crippen molar-refractivity contribution in [2.24, 2.45) is 5.92 Å². The van der Waals surface area contributed by atoms with Gasteiger partial charge in [0.2, 0.25) is 0 Å². The van der Waals surface area contributed by atoms with Crippen LogP contribution in [0.5, 0.6) is 0 Å². The third-order valence-corrected chi connectivity index (χ3v) is 0.943. The summed E-state index contributed by atoms with van der Waals surface area (Å²) in [5, 5.41) is 2.89. The van der Waals surface area contributed by atoms with Gasteiger partial charge in [-0.1, -0.05) is 18.2 Å². The Hall–Kier alpha value is 1.75. The van der Waals surface area contributed by atoms with Crippen LogP contribution in [0.2, 0.25) is 0 Å². The maximum Gasteiger partial charge on any atom is 1.00 e. The molecule has 0 aliphatic heterocycles. The summed E-state index contributed by atoms with van der Waals surface area (Å²) >= 11 is 9.24. The fourth-order valence-corrected chi connectivity index (χ4v) is 0.454. The van der Waals surface area contributed by atoms with Gasteiger partial charge in [0.15, 0.2) is 0 Å². The van der Waals surface area contributed by atoms with Crippen LogP contribution < -0.4 is 56.7 Å². The monoisotopic (exact) mass is 187 g/mol. The van der Waals surface area contributed by atoms with Crippen LogP contribution in [0.25, 0.3) is 0 Å². The van der Waals surface area contributed by atoms with E-state index in [0.717, 1.165) is 6.54 Å². The Bertz CT molecular complexity index is 85.0. The first-order chi connectivity index (χ1) is 3.63. The summed E-state index contributed by atoms with van der Waals surface area (Å²) < 4.78 is 0.471. The molecule has 0 aromatic carbocycles. The molecule has 4 heteroatoms. The second-order valence-electron chi connectivity index (χ2n) is 2.06. The fourth-order valence-electron chi connectivity index (χ4n) is 0.287. The van der Waals surface area contributed by atoms with Crippen LogP contribution >= 0.6 is 12.2 Å². The predicted octanol–water partition coefficient (Wildman–Crippen LogP) is -1.93. The van der Waals surface area contributed by atoms with Crippen LogP contribution in [-0.4, -0.2) is 10.9 Å². The van der Waals surface area contributed by atoms with Crippen molar-refractivity contribution in [1.29, 1.82) is 0 Å². The quantitative estimate of drug-likeness (QED) is 0.307. The zero-order valence-corrected chi connectivity index (χ0v) is 10.9. The molecule has 48 valence electrons. The van der Waals surface area contributed by atoms with E-state index in [1.54, 1.807) is 0 Å². The SMILES string of the molecule is CC(C)CNC(=S)[S-].[K+]. The Kier molecular flexibility index (Phi) is 11.6. The van der Waals surface area contributed by atoms with Crippen molar-refractivity contribution in [2.45, 2.75) is 13.8 Å². The van der Waals surface area contributed by atoms with Crippen LogP contribution in [0.3, 0.4) is 0 Å². The summed E-state index contributed by atoms with van der Waals surface area (Å²) in [5.41, 5.74) is 0. The van der Waals surface area contributed by atoms with E-state index in [2.05, 4.69) is 44.0 Å². The fraction of sp³-hybridized carbons (Fsp3) is 0.800. The third-order valence-electron chi connectivity index (χ3n) is 0.655. The Morgan fingerprint density at radius 1 is 1.67 bits per heavy atom. The number of hydrogen-bond acceptors (Lipinski definition) is 2. The van der Waals surface area contributed by atoms with Gasteiger partial charge < -0.3 is 30.2 Å².